The number of hydrogen-bond acceptors (Lipinski definition) is 4. The van der Waals surface area contributed by atoms with E-state index in [1.165, 1.54) is 18.8 Å². The molecule has 0 aromatic heterocycles. The van der Waals surface area contributed by atoms with Gasteiger partial charge in [-0.2, -0.15) is 5.10 Å². The van der Waals surface area contributed by atoms with Crippen LogP contribution in [0.4, 0.5) is 0 Å². The summed E-state index contributed by atoms with van der Waals surface area (Å²) in [4.78, 5) is 11.3. The van der Waals surface area contributed by atoms with Crippen molar-refractivity contribution in [3.8, 4) is 0 Å². The van der Waals surface area contributed by atoms with Crippen LogP contribution in [0, 0.1) is 11.3 Å². The lowest BCUT2D eigenvalue weighted by Crippen LogP contribution is -2.27. The molecule has 0 aliphatic heterocycles. The van der Waals surface area contributed by atoms with Crippen molar-refractivity contribution in [2.75, 3.05) is 7.11 Å². The zero-order valence-electron chi connectivity index (χ0n) is 12.5. The van der Waals surface area contributed by atoms with Crippen LogP contribution in [0.1, 0.15) is 32.6 Å². The number of carbonyl (C=O) groups is 1. The first kappa shape index (κ1) is 15.3. The molecule has 21 heavy (non-hydrogen) atoms. The summed E-state index contributed by atoms with van der Waals surface area (Å²) in [5, 5.41) is 7.79. The molecular weight excluding hydrogens is 268 g/mol. The van der Waals surface area contributed by atoms with Gasteiger partial charge in [-0.05, 0) is 43.1 Å². The average molecular weight is 290 g/mol. The van der Waals surface area contributed by atoms with E-state index in [1.807, 2.05) is 6.08 Å². The van der Waals surface area contributed by atoms with E-state index in [0.29, 0.717) is 5.92 Å². The Hall–Kier alpha value is -2.11. The first-order chi connectivity index (χ1) is 9.95. The van der Waals surface area contributed by atoms with E-state index < -0.39 is 0 Å². The highest BCUT2D eigenvalue weighted by Crippen LogP contribution is 2.52. The summed E-state index contributed by atoms with van der Waals surface area (Å²) in [6.07, 6.45) is 9.46. The highest BCUT2D eigenvalue weighted by atomic mass is 16.5. The third-order valence-electron chi connectivity index (χ3n) is 4.48. The molecular formula is C15H22N4O2. The van der Waals surface area contributed by atoms with Crippen molar-refractivity contribution in [1.29, 1.82) is 0 Å². The van der Waals surface area contributed by atoms with Crippen LogP contribution in [0.15, 0.2) is 34.0 Å². The molecule has 6 nitrogen and oxygen atoms in total. The molecule has 2 rings (SSSR count). The predicted octanol–water partition coefficient (Wildman–Crippen LogP) is 1.48. The maximum Gasteiger partial charge on any atom is 0.330 e. The van der Waals surface area contributed by atoms with E-state index in [9.17, 15) is 4.79 Å². The Kier molecular flexibility index (Phi) is 4.45. The number of fused-ring (bicyclic) bond motifs is 1. The zero-order valence-corrected chi connectivity index (χ0v) is 12.5. The number of allylic oxidation sites excluding steroid dienone is 3. The number of nitrogens with two attached hydrogens (primary N) is 2. The van der Waals surface area contributed by atoms with Crippen LogP contribution in [0.5, 0.6) is 0 Å². The van der Waals surface area contributed by atoms with Crippen LogP contribution in [-0.4, -0.2) is 24.8 Å². The van der Waals surface area contributed by atoms with Gasteiger partial charge >= 0.3 is 5.97 Å². The van der Waals surface area contributed by atoms with Crippen molar-refractivity contribution in [2.45, 2.75) is 32.6 Å². The second-order valence-corrected chi connectivity index (χ2v) is 5.73. The van der Waals surface area contributed by atoms with Gasteiger partial charge in [0.15, 0.2) is 0 Å². The van der Waals surface area contributed by atoms with Crippen LogP contribution in [0.25, 0.3) is 0 Å². The third-order valence-corrected chi connectivity index (χ3v) is 4.48. The van der Waals surface area contributed by atoms with E-state index in [-0.39, 0.29) is 17.3 Å². The van der Waals surface area contributed by atoms with E-state index in [1.54, 1.807) is 0 Å². The summed E-state index contributed by atoms with van der Waals surface area (Å²) >= 11 is 0. The van der Waals surface area contributed by atoms with Crippen LogP contribution < -0.4 is 11.5 Å². The molecule has 0 unspecified atom stereocenters. The smallest absolute Gasteiger partial charge is 0.330 e. The predicted molar refractivity (Wildman–Crippen MR) is 82.5 cm³/mol. The summed E-state index contributed by atoms with van der Waals surface area (Å²) in [6.45, 7) is 2.25. The monoisotopic (exact) mass is 290 g/mol. The molecule has 0 amide bonds. The van der Waals surface area contributed by atoms with Gasteiger partial charge in [0.1, 0.15) is 0 Å². The van der Waals surface area contributed by atoms with Gasteiger partial charge in [-0.15, -0.1) is 5.10 Å². The number of rotatable bonds is 3. The Balaban J connectivity index is 2.17. The summed E-state index contributed by atoms with van der Waals surface area (Å²) < 4.78 is 4.65. The van der Waals surface area contributed by atoms with Gasteiger partial charge in [0.2, 0.25) is 5.96 Å². The van der Waals surface area contributed by atoms with Crippen LogP contribution >= 0.6 is 0 Å². The lowest BCUT2D eigenvalue weighted by atomic mass is 9.70. The molecule has 2 atom stereocenters. The van der Waals surface area contributed by atoms with Gasteiger partial charge in [0.05, 0.1) is 12.8 Å². The number of hydrogen-bond donors (Lipinski definition) is 2. The highest BCUT2D eigenvalue weighted by Gasteiger charge is 2.43. The summed E-state index contributed by atoms with van der Waals surface area (Å²) in [5.41, 5.74) is 12.9. The summed E-state index contributed by atoms with van der Waals surface area (Å²) in [7, 11) is 1.39. The minimum absolute atomic E-state index is 0.0282. The van der Waals surface area contributed by atoms with Crippen molar-refractivity contribution in [3.63, 3.8) is 0 Å². The normalized spacial score (nSPS) is 30.1. The molecule has 4 N–H and O–H groups in total. The molecule has 0 saturated heterocycles. The standard InChI is InChI=1S/C15H22N4O2/c1-15-8-7-12(18-19-14(16)17)9-11(15)4-3-10(15)5-6-13(20)21-2/h5-6,9-10H,3-4,7-8H2,1-2H3,(H4,16,17,19)/b6-5-,18-12+/t10-,15-/m1/s1. The van der Waals surface area contributed by atoms with Gasteiger partial charge < -0.3 is 16.2 Å². The van der Waals surface area contributed by atoms with Gasteiger partial charge in [-0.3, -0.25) is 0 Å². The maximum absolute atomic E-state index is 11.3. The van der Waals surface area contributed by atoms with Crippen LogP contribution in [0.2, 0.25) is 0 Å². The molecule has 6 heteroatoms. The number of carbonyl (C=O) groups excluding carboxylic acids is 1. The minimum Gasteiger partial charge on any atom is -0.466 e. The fraction of sp³-hybridized carbons (Fsp3) is 0.533. The Morgan fingerprint density at radius 2 is 2.24 bits per heavy atom. The van der Waals surface area contributed by atoms with Gasteiger partial charge in [0, 0.05) is 6.08 Å². The lowest BCUT2D eigenvalue weighted by molar-refractivity contribution is -0.134. The van der Waals surface area contributed by atoms with Gasteiger partial charge in [0.25, 0.3) is 0 Å². The quantitative estimate of drug-likeness (QED) is 0.270. The van der Waals surface area contributed by atoms with Gasteiger partial charge in [-0.1, -0.05) is 18.6 Å². The number of guanidine groups is 1. The lowest BCUT2D eigenvalue weighted by Gasteiger charge is -2.34. The van der Waals surface area contributed by atoms with Crippen LogP contribution in [-0.2, 0) is 9.53 Å². The Labute approximate surface area is 124 Å². The van der Waals surface area contributed by atoms with Crippen molar-refractivity contribution < 1.29 is 9.53 Å². The first-order valence-electron chi connectivity index (χ1n) is 7.08. The molecule has 0 radical (unpaired) electrons. The molecule has 2 aliphatic carbocycles. The molecule has 0 spiro atoms. The molecule has 1 fully saturated rings. The highest BCUT2D eigenvalue weighted by molar-refractivity contribution is 5.97. The minimum atomic E-state index is -0.304. The third kappa shape index (κ3) is 3.32. The van der Waals surface area contributed by atoms with E-state index in [0.717, 1.165) is 31.4 Å². The number of methoxy groups -OCH3 is 1. The van der Waals surface area contributed by atoms with Gasteiger partial charge in [-0.25, -0.2) is 4.79 Å². The second-order valence-electron chi connectivity index (χ2n) is 5.73. The van der Waals surface area contributed by atoms with Crippen molar-refractivity contribution >= 4 is 17.6 Å². The SMILES string of the molecule is COC(=O)/C=C\[C@H]1CCC2=C/C(=N/N=C(N)N)CC[C@@]21C. The molecule has 114 valence electrons. The summed E-state index contributed by atoms with van der Waals surface area (Å²) in [5.74, 6) is 0.0221. The number of nitrogens with zero attached hydrogens (tertiary/aromatic N) is 2. The maximum atomic E-state index is 11.3. The molecule has 0 bridgehead atoms. The molecule has 0 aromatic carbocycles. The Morgan fingerprint density at radius 3 is 2.90 bits per heavy atom. The Bertz CT molecular complexity index is 544. The van der Waals surface area contributed by atoms with Crippen LogP contribution in [0.3, 0.4) is 0 Å². The number of esters is 1. The van der Waals surface area contributed by atoms with Crippen molar-refractivity contribution in [2.24, 2.45) is 33.0 Å². The van der Waals surface area contributed by atoms with Crippen molar-refractivity contribution in [3.05, 3.63) is 23.8 Å². The van der Waals surface area contributed by atoms with E-state index >= 15 is 0 Å². The largest absolute Gasteiger partial charge is 0.466 e. The molecule has 1 saturated carbocycles. The van der Waals surface area contributed by atoms with E-state index in [2.05, 4.69) is 27.9 Å². The fourth-order valence-electron chi connectivity index (χ4n) is 3.17. The topological polar surface area (TPSA) is 103 Å². The Morgan fingerprint density at radius 1 is 1.48 bits per heavy atom. The molecule has 2 aliphatic rings. The summed E-state index contributed by atoms with van der Waals surface area (Å²) in [6, 6.07) is 0. The second kappa shape index (κ2) is 6.11. The number of ether oxygens (including phenoxy) is 1. The fourth-order valence-corrected chi connectivity index (χ4v) is 3.17. The zero-order chi connectivity index (χ0) is 15.5. The van der Waals surface area contributed by atoms with E-state index in [4.69, 9.17) is 11.5 Å². The first-order valence-corrected chi connectivity index (χ1v) is 7.08. The molecule has 0 heterocycles. The average Bonchev–Trinajstić information content (AvgIpc) is 2.78. The van der Waals surface area contributed by atoms with Crippen molar-refractivity contribution in [1.82, 2.24) is 0 Å². The molecule has 0 aromatic rings.